The summed E-state index contributed by atoms with van der Waals surface area (Å²) in [6, 6.07) is 3.52. The van der Waals surface area contributed by atoms with Crippen molar-refractivity contribution >= 4 is 28.9 Å². The van der Waals surface area contributed by atoms with Gasteiger partial charge in [-0.3, -0.25) is 19.6 Å². The van der Waals surface area contributed by atoms with E-state index in [4.69, 9.17) is 16.3 Å². The number of ether oxygens (including phenoxy) is 1. The van der Waals surface area contributed by atoms with Gasteiger partial charge >= 0.3 is 0 Å². The van der Waals surface area contributed by atoms with Crippen molar-refractivity contribution in [3.63, 3.8) is 0 Å². The van der Waals surface area contributed by atoms with Gasteiger partial charge in [0, 0.05) is 0 Å². The normalized spacial score (nSPS) is 11.8. The number of nitrogens with one attached hydrogen (secondary N) is 1. The average Bonchev–Trinajstić information content (AvgIpc) is 2.86. The Morgan fingerprint density at radius 1 is 1.52 bits per heavy atom. The number of nitrogens with zero attached hydrogens (tertiary/aromatic N) is 3. The van der Waals surface area contributed by atoms with E-state index in [0.29, 0.717) is 16.5 Å². The highest BCUT2D eigenvalue weighted by atomic mass is 35.5. The van der Waals surface area contributed by atoms with Crippen LogP contribution in [0.4, 0.5) is 11.4 Å². The van der Waals surface area contributed by atoms with Crippen molar-refractivity contribution in [2.45, 2.75) is 19.9 Å². The number of nitro groups is 1. The molecule has 0 aliphatic rings. The van der Waals surface area contributed by atoms with Crippen LogP contribution in [-0.4, -0.2) is 27.7 Å². The average molecular weight is 339 g/mol. The molecule has 0 radical (unpaired) electrons. The van der Waals surface area contributed by atoms with Gasteiger partial charge in [-0.1, -0.05) is 11.6 Å². The van der Waals surface area contributed by atoms with Crippen LogP contribution in [0.1, 0.15) is 18.7 Å². The predicted molar refractivity (Wildman–Crippen MR) is 85.0 cm³/mol. The predicted octanol–water partition coefficient (Wildman–Crippen LogP) is 2.96. The minimum Gasteiger partial charge on any atom is -0.496 e. The second-order valence-electron chi connectivity index (χ2n) is 4.83. The summed E-state index contributed by atoms with van der Waals surface area (Å²) in [4.78, 5) is 22.9. The molecule has 1 aromatic heterocycles. The summed E-state index contributed by atoms with van der Waals surface area (Å²) >= 11 is 5.92. The Bertz CT molecular complexity index is 759. The molecule has 0 aliphatic heterocycles. The summed E-state index contributed by atoms with van der Waals surface area (Å²) in [6.07, 6.45) is 1.44. The second kappa shape index (κ2) is 6.66. The third kappa shape index (κ3) is 3.42. The first-order chi connectivity index (χ1) is 10.8. The lowest BCUT2D eigenvalue weighted by molar-refractivity contribution is -0.384. The Hall–Kier alpha value is -2.61. The molecular formula is C14H15ClN4O4. The van der Waals surface area contributed by atoms with Crippen molar-refractivity contribution < 1.29 is 14.5 Å². The Balaban J connectivity index is 2.26. The van der Waals surface area contributed by atoms with E-state index < -0.39 is 16.9 Å². The molecule has 122 valence electrons. The number of halogens is 1. The molecule has 0 aliphatic carbocycles. The minimum atomic E-state index is -0.677. The number of nitro benzene ring substituents is 1. The fourth-order valence-corrected chi connectivity index (χ4v) is 2.17. The third-order valence-electron chi connectivity index (χ3n) is 3.39. The van der Waals surface area contributed by atoms with Crippen LogP contribution in [-0.2, 0) is 4.79 Å². The molecule has 0 spiro atoms. The SMILES string of the molecule is COc1ccc(NC(=O)C(C)n2ncc(Cl)c2C)c([N+](=O)[O-])c1. The first-order valence-corrected chi connectivity index (χ1v) is 7.05. The van der Waals surface area contributed by atoms with Gasteiger partial charge in [-0.2, -0.15) is 5.10 Å². The van der Waals surface area contributed by atoms with E-state index in [1.807, 2.05) is 0 Å². The van der Waals surface area contributed by atoms with Crippen LogP contribution in [0.3, 0.4) is 0 Å². The molecular weight excluding hydrogens is 324 g/mol. The smallest absolute Gasteiger partial charge is 0.296 e. The molecule has 1 N–H and O–H groups in total. The molecule has 0 bridgehead atoms. The lowest BCUT2D eigenvalue weighted by Crippen LogP contribution is -2.25. The maximum absolute atomic E-state index is 12.3. The Morgan fingerprint density at radius 3 is 2.74 bits per heavy atom. The van der Waals surface area contributed by atoms with Gasteiger partial charge in [0.2, 0.25) is 5.91 Å². The molecule has 2 aromatic rings. The molecule has 1 unspecified atom stereocenters. The highest BCUT2D eigenvalue weighted by Crippen LogP contribution is 2.29. The van der Waals surface area contributed by atoms with Gasteiger partial charge in [0.15, 0.2) is 0 Å². The van der Waals surface area contributed by atoms with E-state index in [0.717, 1.165) is 0 Å². The maximum Gasteiger partial charge on any atom is 0.296 e. The van der Waals surface area contributed by atoms with Crippen molar-refractivity contribution in [3.05, 3.63) is 45.2 Å². The van der Waals surface area contributed by atoms with E-state index >= 15 is 0 Å². The summed E-state index contributed by atoms with van der Waals surface area (Å²) < 4.78 is 6.41. The molecule has 0 saturated carbocycles. The Morgan fingerprint density at radius 2 is 2.22 bits per heavy atom. The molecule has 0 fully saturated rings. The number of hydrogen-bond donors (Lipinski definition) is 1. The van der Waals surface area contributed by atoms with E-state index in [1.165, 1.54) is 36.2 Å². The van der Waals surface area contributed by atoms with Crippen molar-refractivity contribution in [3.8, 4) is 5.75 Å². The monoisotopic (exact) mass is 338 g/mol. The largest absolute Gasteiger partial charge is 0.496 e. The highest BCUT2D eigenvalue weighted by molar-refractivity contribution is 6.31. The fraction of sp³-hybridized carbons (Fsp3) is 0.286. The Labute approximate surface area is 137 Å². The van der Waals surface area contributed by atoms with E-state index in [-0.39, 0.29) is 11.4 Å². The van der Waals surface area contributed by atoms with Crippen molar-refractivity contribution in [1.82, 2.24) is 9.78 Å². The van der Waals surface area contributed by atoms with Gasteiger partial charge in [-0.25, -0.2) is 0 Å². The van der Waals surface area contributed by atoms with Gasteiger partial charge in [-0.15, -0.1) is 0 Å². The second-order valence-corrected chi connectivity index (χ2v) is 5.24. The van der Waals surface area contributed by atoms with E-state index in [1.54, 1.807) is 13.8 Å². The summed E-state index contributed by atoms with van der Waals surface area (Å²) in [5, 5.41) is 18.1. The number of methoxy groups -OCH3 is 1. The number of carbonyl (C=O) groups is 1. The summed E-state index contributed by atoms with van der Waals surface area (Å²) in [6.45, 7) is 3.36. The zero-order valence-electron chi connectivity index (χ0n) is 12.7. The summed E-state index contributed by atoms with van der Waals surface area (Å²) in [5.41, 5.74) is 0.474. The molecule has 9 heteroatoms. The van der Waals surface area contributed by atoms with Crippen molar-refractivity contribution in [2.24, 2.45) is 0 Å². The molecule has 1 atom stereocenters. The van der Waals surface area contributed by atoms with Crippen molar-refractivity contribution in [1.29, 1.82) is 0 Å². The van der Waals surface area contributed by atoms with Gasteiger partial charge in [0.05, 0.1) is 35.0 Å². The number of carbonyl (C=O) groups excluding carboxylic acids is 1. The highest BCUT2D eigenvalue weighted by Gasteiger charge is 2.22. The molecule has 1 heterocycles. The lowest BCUT2D eigenvalue weighted by atomic mass is 10.2. The molecule has 1 amide bonds. The van der Waals surface area contributed by atoms with Gasteiger partial charge in [-0.05, 0) is 26.0 Å². The van der Waals surface area contributed by atoms with Crippen LogP contribution < -0.4 is 10.1 Å². The van der Waals surface area contributed by atoms with Crippen molar-refractivity contribution in [2.75, 3.05) is 12.4 Å². The van der Waals surface area contributed by atoms with Crippen LogP contribution in [0.5, 0.6) is 5.75 Å². The number of anilines is 1. The van der Waals surface area contributed by atoms with E-state index in [9.17, 15) is 14.9 Å². The van der Waals surface area contributed by atoms with E-state index in [2.05, 4.69) is 10.4 Å². The Kier molecular flexibility index (Phi) is 4.85. The quantitative estimate of drug-likeness (QED) is 0.667. The first kappa shape index (κ1) is 16.8. The van der Waals surface area contributed by atoms with Gasteiger partial charge in [0.25, 0.3) is 5.69 Å². The number of aromatic nitrogens is 2. The zero-order chi connectivity index (χ0) is 17.1. The minimum absolute atomic E-state index is 0.0866. The van der Waals surface area contributed by atoms with Crippen LogP contribution in [0.15, 0.2) is 24.4 Å². The van der Waals surface area contributed by atoms with Gasteiger partial charge in [0.1, 0.15) is 17.5 Å². The number of rotatable bonds is 5. The lowest BCUT2D eigenvalue weighted by Gasteiger charge is -2.15. The maximum atomic E-state index is 12.3. The zero-order valence-corrected chi connectivity index (χ0v) is 13.5. The molecule has 23 heavy (non-hydrogen) atoms. The molecule has 2 rings (SSSR count). The number of amides is 1. The van der Waals surface area contributed by atoms with Crippen LogP contribution in [0, 0.1) is 17.0 Å². The topological polar surface area (TPSA) is 99.3 Å². The molecule has 1 aromatic carbocycles. The molecule has 0 saturated heterocycles. The third-order valence-corrected chi connectivity index (χ3v) is 3.76. The molecule has 8 nitrogen and oxygen atoms in total. The summed E-state index contributed by atoms with van der Waals surface area (Å²) in [7, 11) is 1.41. The van der Waals surface area contributed by atoms with Gasteiger partial charge < -0.3 is 10.1 Å². The van der Waals surface area contributed by atoms with Crippen LogP contribution >= 0.6 is 11.6 Å². The standard InChI is InChI=1S/C14H15ClN4O4/c1-8-11(15)7-16-18(8)9(2)14(20)17-12-5-4-10(23-3)6-13(12)19(21)22/h4-7,9H,1-3H3,(H,17,20). The fourth-order valence-electron chi connectivity index (χ4n) is 2.04. The van der Waals surface area contributed by atoms with Crippen LogP contribution in [0.2, 0.25) is 5.02 Å². The van der Waals surface area contributed by atoms with Crippen LogP contribution in [0.25, 0.3) is 0 Å². The number of benzene rings is 1. The first-order valence-electron chi connectivity index (χ1n) is 6.68. The number of hydrogen-bond acceptors (Lipinski definition) is 5. The summed E-state index contributed by atoms with van der Waals surface area (Å²) in [5.74, 6) is -0.112.